The molecule has 24 valence electrons. The predicted molar refractivity (Wildman–Crippen MR) is 28.8 cm³/mol. The molecule has 5 heavy (non-hydrogen) atoms. The van der Waals surface area contributed by atoms with Gasteiger partial charge in [0.2, 0.25) is 0 Å². The minimum Gasteiger partial charge on any atom is 0 e. The molecular weight excluding hydrogens is 291 g/mol. The summed E-state index contributed by atoms with van der Waals surface area (Å²) < 4.78 is 0. The summed E-state index contributed by atoms with van der Waals surface area (Å²) in [7, 11) is 0. The Bertz CT molecular complexity index is 4.85. The molecule has 0 unspecified atom stereocenters. The van der Waals surface area contributed by atoms with E-state index in [9.17, 15) is 0 Å². The molecule has 0 N–H and O–H groups in total. The van der Waals surface area contributed by atoms with E-state index in [4.69, 9.17) is 0 Å². The Hall–Kier alpha value is 2.62. The van der Waals surface area contributed by atoms with Crippen molar-refractivity contribution in [2.45, 2.75) is 0 Å². The number of hydrogen-bond acceptors (Lipinski definition) is 0. The summed E-state index contributed by atoms with van der Waals surface area (Å²) in [5.41, 5.74) is 0. The van der Waals surface area contributed by atoms with Crippen molar-refractivity contribution in [2.24, 2.45) is 0 Å². The fourth-order valence-corrected chi connectivity index (χ4v) is 0. The Morgan fingerprint density at radius 1 is 0.400 bits per heavy atom. The van der Waals surface area contributed by atoms with Gasteiger partial charge in [0.25, 0.3) is 0 Å². The number of hydrogen-bond donors (Lipinski definition) is 0. The Morgan fingerprint density at radius 3 is 0.400 bits per heavy atom. The summed E-state index contributed by atoms with van der Waals surface area (Å²) in [6.07, 6.45) is 0. The molecule has 0 nitrogen and oxygen atoms in total. The van der Waals surface area contributed by atoms with E-state index >= 15 is 0 Å². The molecule has 0 saturated heterocycles. The van der Waals surface area contributed by atoms with Crippen molar-refractivity contribution < 1.29 is 0 Å². The van der Waals surface area contributed by atoms with Gasteiger partial charge in [0.05, 0.1) is 0 Å². The van der Waals surface area contributed by atoms with E-state index in [0.29, 0.717) is 0 Å². The average Bonchev–Trinajstić information content (AvgIpc) is 0. The molecule has 0 aliphatic heterocycles. The number of rotatable bonds is 0. The zero-order valence-electron chi connectivity index (χ0n) is 2.38. The van der Waals surface area contributed by atoms with Crippen LogP contribution in [0, 0.1) is 0 Å². The van der Waals surface area contributed by atoms with Crippen molar-refractivity contribution in [1.82, 2.24) is 0 Å². The molecule has 0 aromatic heterocycles. The van der Waals surface area contributed by atoms with Gasteiger partial charge in [-0.3, -0.25) is 0 Å². The van der Waals surface area contributed by atoms with Crippen molar-refractivity contribution in [3.63, 3.8) is 0 Å². The second-order valence-corrected chi connectivity index (χ2v) is 0. The molecule has 0 bridgehead atoms. The zero-order chi connectivity index (χ0) is 0. The van der Waals surface area contributed by atoms with Gasteiger partial charge in [0.15, 0.2) is 0 Å². The van der Waals surface area contributed by atoms with E-state index in [-0.39, 0.29) is 85.9 Å². The van der Waals surface area contributed by atoms with E-state index in [1.807, 2.05) is 0 Å². The van der Waals surface area contributed by atoms with Crippen LogP contribution in [0.4, 0.5) is 0 Å². The van der Waals surface area contributed by atoms with Gasteiger partial charge in [-0.05, 0) is 0 Å². The van der Waals surface area contributed by atoms with Gasteiger partial charge in [-0.15, -0.1) is 0 Å². The second-order valence-electron chi connectivity index (χ2n) is 0. The maximum absolute atomic E-state index is 0. The first-order valence-corrected chi connectivity index (χ1v) is 0. The molecule has 0 rings (SSSR count). The molecule has 0 saturated carbocycles. The predicted octanol–water partition coefficient (Wildman–Crippen LogP) is -1.90. The Morgan fingerprint density at radius 2 is 0.400 bits per heavy atom. The van der Waals surface area contributed by atoms with Gasteiger partial charge in [-0.1, -0.05) is 0 Å². The SMILES string of the molecule is [Al].[Al].[Se].[Se].[Se]. The summed E-state index contributed by atoms with van der Waals surface area (Å²) in [5.74, 6) is 0. The third kappa shape index (κ3) is 20.6. The summed E-state index contributed by atoms with van der Waals surface area (Å²) in [4.78, 5) is 0. The van der Waals surface area contributed by atoms with Gasteiger partial charge < -0.3 is 0 Å². The van der Waals surface area contributed by atoms with Crippen LogP contribution >= 0.6 is 0 Å². The molecular formula is Al2Se3. The van der Waals surface area contributed by atoms with Gasteiger partial charge in [-0.25, -0.2) is 0 Å². The van der Waals surface area contributed by atoms with Crippen LogP contribution in [-0.4, -0.2) is 85.9 Å². The summed E-state index contributed by atoms with van der Waals surface area (Å²) in [5, 5.41) is 0. The van der Waals surface area contributed by atoms with Crippen molar-refractivity contribution in [3.05, 3.63) is 0 Å². The molecule has 0 fully saturated rings. The minimum atomic E-state index is 0. The van der Waals surface area contributed by atoms with E-state index < -0.39 is 0 Å². The van der Waals surface area contributed by atoms with Crippen LogP contribution < -0.4 is 0 Å². The van der Waals surface area contributed by atoms with Crippen LogP contribution in [0.3, 0.4) is 0 Å². The molecule has 0 aromatic rings. The normalized spacial score (nSPS) is 0. The van der Waals surface area contributed by atoms with Crippen LogP contribution in [0.2, 0.25) is 0 Å². The quantitative estimate of drug-likeness (QED) is 0.457. The van der Waals surface area contributed by atoms with Crippen molar-refractivity contribution in [2.75, 3.05) is 0 Å². The van der Waals surface area contributed by atoms with E-state index in [1.54, 1.807) is 0 Å². The minimum absolute atomic E-state index is 0. The standard InChI is InChI=1S/2Al.3Se. The van der Waals surface area contributed by atoms with Crippen molar-refractivity contribution in [3.8, 4) is 0 Å². The van der Waals surface area contributed by atoms with Crippen LogP contribution in [0.15, 0.2) is 0 Å². The second kappa shape index (κ2) is 30.4. The molecule has 0 atom stereocenters. The Balaban J connectivity index is 0. The topological polar surface area (TPSA) is 0 Å². The molecule has 12 radical (unpaired) electrons. The van der Waals surface area contributed by atoms with Gasteiger partial charge in [0.1, 0.15) is 0 Å². The molecule has 0 aliphatic carbocycles. The first-order valence-electron chi connectivity index (χ1n) is 0. The Kier molecular flexibility index (Phi) is 296. The fourth-order valence-electron chi connectivity index (χ4n) is 0. The van der Waals surface area contributed by atoms with E-state index in [1.165, 1.54) is 0 Å². The van der Waals surface area contributed by atoms with E-state index in [0.717, 1.165) is 0 Å². The first-order chi connectivity index (χ1) is 0. The largest absolute Gasteiger partial charge is 0 e. The summed E-state index contributed by atoms with van der Waals surface area (Å²) in [6, 6.07) is 0. The van der Waals surface area contributed by atoms with Gasteiger partial charge in [-0.2, -0.15) is 0 Å². The zero-order valence-corrected chi connectivity index (χ0v) is 9.83. The molecule has 5 heteroatoms. The monoisotopic (exact) mass is 294 g/mol. The maximum Gasteiger partial charge on any atom is 0 e. The van der Waals surface area contributed by atoms with E-state index in [2.05, 4.69) is 0 Å². The summed E-state index contributed by atoms with van der Waals surface area (Å²) in [6.45, 7) is 0. The first kappa shape index (κ1) is 48.6. The molecule has 0 aromatic carbocycles. The van der Waals surface area contributed by atoms with Crippen molar-refractivity contribution in [1.29, 1.82) is 0 Å². The third-order valence-corrected chi connectivity index (χ3v) is 0. The molecule has 0 heterocycles. The third-order valence-electron chi connectivity index (χ3n) is 0. The Labute approximate surface area is 84.9 Å². The van der Waals surface area contributed by atoms with Crippen LogP contribution in [-0.2, 0) is 0 Å². The van der Waals surface area contributed by atoms with Crippen LogP contribution in [0.25, 0.3) is 0 Å². The van der Waals surface area contributed by atoms with Crippen molar-refractivity contribution >= 4 is 85.9 Å². The molecule has 0 spiro atoms. The van der Waals surface area contributed by atoms with Gasteiger partial charge in [0, 0.05) is 85.9 Å². The summed E-state index contributed by atoms with van der Waals surface area (Å²) >= 11 is 0. The average molecular weight is 291 g/mol. The van der Waals surface area contributed by atoms with Crippen LogP contribution in [0.1, 0.15) is 0 Å². The maximum atomic E-state index is 0. The molecule has 0 amide bonds. The van der Waals surface area contributed by atoms with Gasteiger partial charge >= 0.3 is 0 Å². The van der Waals surface area contributed by atoms with Crippen LogP contribution in [0.5, 0.6) is 0 Å². The molecule has 0 aliphatic rings. The smallest absolute Gasteiger partial charge is 0 e. The fraction of sp³-hybridized carbons (Fsp3) is 0.